The van der Waals surface area contributed by atoms with Crippen molar-refractivity contribution in [3.8, 4) is 0 Å². The van der Waals surface area contributed by atoms with E-state index in [0.717, 1.165) is 12.8 Å². The molecule has 1 aliphatic rings. The van der Waals surface area contributed by atoms with E-state index in [2.05, 4.69) is 13.8 Å². The van der Waals surface area contributed by atoms with Crippen LogP contribution in [0, 0.1) is 5.92 Å². The van der Waals surface area contributed by atoms with Gasteiger partial charge in [0.05, 0.1) is 12.2 Å². The van der Waals surface area contributed by atoms with Gasteiger partial charge in [0, 0.05) is 6.00 Å². The maximum absolute atomic E-state index is 9.48. The highest BCUT2D eigenvalue weighted by Gasteiger charge is 2.31. The van der Waals surface area contributed by atoms with Crippen LogP contribution in [-0.4, -0.2) is 31.2 Å². The summed E-state index contributed by atoms with van der Waals surface area (Å²) in [6.07, 6.45) is 1.64. The number of hydrogen-bond acceptors (Lipinski definition) is 2. The van der Waals surface area contributed by atoms with E-state index in [1.165, 1.54) is 0 Å². The molecule has 1 rings (SSSR count). The number of ether oxygens (including phenoxy) is 1. The number of hydrogen-bond donors (Lipinski definition) is 1. The van der Waals surface area contributed by atoms with E-state index in [1.807, 2.05) is 7.85 Å². The van der Waals surface area contributed by atoms with Crippen molar-refractivity contribution < 1.29 is 9.84 Å². The Hall–Kier alpha value is -0.0151. The summed E-state index contributed by atoms with van der Waals surface area (Å²) in [7, 11) is 2.02. The van der Waals surface area contributed by atoms with Crippen LogP contribution in [0.4, 0.5) is 0 Å². The molecule has 1 aliphatic heterocycles. The molecule has 3 atom stereocenters. The summed E-state index contributed by atoms with van der Waals surface area (Å²) >= 11 is 0. The van der Waals surface area contributed by atoms with Crippen molar-refractivity contribution in [3.05, 3.63) is 0 Å². The summed E-state index contributed by atoms with van der Waals surface area (Å²) in [6, 6.07) is 0.244. The fraction of sp³-hybridized carbons (Fsp3) is 1.00. The second-order valence-corrected chi connectivity index (χ2v) is 3.92. The first-order chi connectivity index (χ1) is 5.09. The minimum atomic E-state index is -0.229. The minimum Gasteiger partial charge on any atom is -0.390 e. The van der Waals surface area contributed by atoms with Gasteiger partial charge in [-0.25, -0.2) is 0 Å². The topological polar surface area (TPSA) is 29.5 Å². The first-order valence-electron chi connectivity index (χ1n) is 4.43. The quantitative estimate of drug-likeness (QED) is 0.576. The van der Waals surface area contributed by atoms with Gasteiger partial charge in [0.25, 0.3) is 0 Å². The standard InChI is InChI=1S/C8H17BO2/c1-5(2)3-7-6(10)4-8(9)11-7/h5-8,10H,3-4,9H2,1-2H3. The lowest BCUT2D eigenvalue weighted by atomic mass is 9.95. The zero-order valence-electron chi connectivity index (χ0n) is 7.58. The Bertz CT molecular complexity index is 127. The Morgan fingerprint density at radius 1 is 1.64 bits per heavy atom. The molecule has 64 valence electrons. The van der Waals surface area contributed by atoms with Crippen LogP contribution in [-0.2, 0) is 4.74 Å². The summed E-state index contributed by atoms with van der Waals surface area (Å²) in [5.74, 6) is 0.611. The van der Waals surface area contributed by atoms with Gasteiger partial charge in [-0.3, -0.25) is 0 Å². The average Bonchev–Trinajstić information content (AvgIpc) is 2.09. The van der Waals surface area contributed by atoms with Crippen LogP contribution in [0.2, 0.25) is 0 Å². The Morgan fingerprint density at radius 3 is 2.64 bits per heavy atom. The third-order valence-corrected chi connectivity index (χ3v) is 2.11. The SMILES string of the molecule is BC1CC(O)C(CC(C)C)O1. The summed E-state index contributed by atoms with van der Waals surface area (Å²) < 4.78 is 5.53. The van der Waals surface area contributed by atoms with E-state index < -0.39 is 0 Å². The van der Waals surface area contributed by atoms with Crippen molar-refractivity contribution >= 4 is 7.85 Å². The summed E-state index contributed by atoms with van der Waals surface area (Å²) in [6.45, 7) is 4.30. The van der Waals surface area contributed by atoms with Crippen molar-refractivity contribution in [1.29, 1.82) is 0 Å². The van der Waals surface area contributed by atoms with Crippen LogP contribution in [0.15, 0.2) is 0 Å². The van der Waals surface area contributed by atoms with Gasteiger partial charge < -0.3 is 9.84 Å². The molecule has 3 unspecified atom stereocenters. The highest BCUT2D eigenvalue weighted by Crippen LogP contribution is 2.23. The Kier molecular flexibility index (Phi) is 2.96. The number of aliphatic hydroxyl groups excluding tert-OH is 1. The highest BCUT2D eigenvalue weighted by molar-refractivity contribution is 6.11. The number of rotatable bonds is 2. The third kappa shape index (κ3) is 2.49. The second-order valence-electron chi connectivity index (χ2n) is 3.92. The molecular formula is C8H17BO2. The molecule has 1 fully saturated rings. The van der Waals surface area contributed by atoms with Gasteiger partial charge in [-0.05, 0) is 18.8 Å². The predicted octanol–water partition coefficient (Wildman–Crippen LogP) is 0.141. The van der Waals surface area contributed by atoms with Gasteiger partial charge in [0.1, 0.15) is 7.85 Å². The summed E-state index contributed by atoms with van der Waals surface area (Å²) in [5.41, 5.74) is 0. The lowest BCUT2D eigenvalue weighted by molar-refractivity contribution is 0.0195. The summed E-state index contributed by atoms with van der Waals surface area (Å²) in [4.78, 5) is 0. The van der Waals surface area contributed by atoms with Gasteiger partial charge in [0.2, 0.25) is 0 Å². The monoisotopic (exact) mass is 156 g/mol. The van der Waals surface area contributed by atoms with E-state index >= 15 is 0 Å². The van der Waals surface area contributed by atoms with Crippen LogP contribution in [0.3, 0.4) is 0 Å². The molecule has 0 aromatic rings. The van der Waals surface area contributed by atoms with Crippen molar-refractivity contribution in [3.63, 3.8) is 0 Å². The molecule has 3 heteroatoms. The van der Waals surface area contributed by atoms with Crippen LogP contribution < -0.4 is 0 Å². The molecule has 0 aromatic carbocycles. The van der Waals surface area contributed by atoms with Gasteiger partial charge in [-0.2, -0.15) is 0 Å². The van der Waals surface area contributed by atoms with Crippen LogP contribution in [0.5, 0.6) is 0 Å². The second kappa shape index (κ2) is 3.59. The molecule has 0 aliphatic carbocycles. The molecule has 0 spiro atoms. The van der Waals surface area contributed by atoms with E-state index in [0.29, 0.717) is 5.92 Å². The Labute approximate surface area is 69.3 Å². The van der Waals surface area contributed by atoms with Gasteiger partial charge in [-0.15, -0.1) is 0 Å². The van der Waals surface area contributed by atoms with Crippen LogP contribution in [0.1, 0.15) is 26.7 Å². The van der Waals surface area contributed by atoms with Crippen molar-refractivity contribution in [2.24, 2.45) is 5.92 Å². The zero-order valence-corrected chi connectivity index (χ0v) is 7.58. The molecule has 0 radical (unpaired) electrons. The highest BCUT2D eigenvalue weighted by atomic mass is 16.5. The van der Waals surface area contributed by atoms with Crippen molar-refractivity contribution in [2.75, 3.05) is 0 Å². The third-order valence-electron chi connectivity index (χ3n) is 2.11. The Balaban J connectivity index is 2.34. The molecular weight excluding hydrogens is 139 g/mol. The van der Waals surface area contributed by atoms with E-state index in [-0.39, 0.29) is 18.2 Å². The van der Waals surface area contributed by atoms with Crippen molar-refractivity contribution in [2.45, 2.75) is 44.9 Å². The minimum absolute atomic E-state index is 0.0880. The van der Waals surface area contributed by atoms with E-state index in [9.17, 15) is 5.11 Å². The largest absolute Gasteiger partial charge is 0.390 e. The lowest BCUT2D eigenvalue weighted by Gasteiger charge is -2.15. The molecule has 0 saturated carbocycles. The fourth-order valence-corrected chi connectivity index (χ4v) is 1.61. The van der Waals surface area contributed by atoms with Crippen molar-refractivity contribution in [1.82, 2.24) is 0 Å². The molecule has 1 heterocycles. The normalized spacial score (nSPS) is 38.4. The van der Waals surface area contributed by atoms with E-state index in [4.69, 9.17) is 4.74 Å². The van der Waals surface area contributed by atoms with E-state index in [1.54, 1.807) is 0 Å². The number of aliphatic hydroxyl groups is 1. The van der Waals surface area contributed by atoms with Gasteiger partial charge in [-0.1, -0.05) is 13.8 Å². The first kappa shape index (κ1) is 9.08. The Morgan fingerprint density at radius 2 is 2.27 bits per heavy atom. The zero-order chi connectivity index (χ0) is 8.43. The smallest absolute Gasteiger partial charge is 0.139 e. The van der Waals surface area contributed by atoms with Crippen LogP contribution in [0.25, 0.3) is 0 Å². The maximum Gasteiger partial charge on any atom is 0.139 e. The van der Waals surface area contributed by atoms with Gasteiger partial charge in [0.15, 0.2) is 0 Å². The average molecular weight is 156 g/mol. The van der Waals surface area contributed by atoms with Crippen LogP contribution >= 0.6 is 0 Å². The molecule has 2 nitrogen and oxygen atoms in total. The fourth-order valence-electron chi connectivity index (χ4n) is 1.61. The maximum atomic E-state index is 9.48. The molecule has 11 heavy (non-hydrogen) atoms. The molecule has 1 N–H and O–H groups in total. The molecule has 0 bridgehead atoms. The lowest BCUT2D eigenvalue weighted by Crippen LogP contribution is -2.22. The molecule has 0 aromatic heterocycles. The molecule has 0 amide bonds. The first-order valence-corrected chi connectivity index (χ1v) is 4.43. The predicted molar refractivity (Wildman–Crippen MR) is 47.3 cm³/mol. The summed E-state index contributed by atoms with van der Waals surface area (Å²) in [5, 5.41) is 9.48. The molecule has 1 saturated heterocycles. The van der Waals surface area contributed by atoms with Gasteiger partial charge >= 0.3 is 0 Å².